The van der Waals surface area contributed by atoms with Crippen LogP contribution in [0.1, 0.15) is 38.8 Å². The number of halogens is 3. The highest BCUT2D eigenvalue weighted by atomic mass is 19.4. The summed E-state index contributed by atoms with van der Waals surface area (Å²) >= 11 is 0. The molecule has 0 heterocycles. The van der Waals surface area contributed by atoms with Gasteiger partial charge in [0.2, 0.25) is 0 Å². The van der Waals surface area contributed by atoms with E-state index in [4.69, 9.17) is 5.73 Å². The zero-order valence-corrected chi connectivity index (χ0v) is 12.5. The van der Waals surface area contributed by atoms with Gasteiger partial charge in [-0.25, -0.2) is 0 Å². The van der Waals surface area contributed by atoms with Gasteiger partial charge in [-0.15, -0.1) is 0 Å². The molecule has 2 N–H and O–H groups in total. The van der Waals surface area contributed by atoms with Crippen LogP contribution < -0.4 is 10.6 Å². The summed E-state index contributed by atoms with van der Waals surface area (Å²) in [5, 5.41) is 0. The Morgan fingerprint density at radius 1 is 1.15 bits per heavy atom. The number of hydrogen-bond acceptors (Lipinski definition) is 2. The number of nitrogens with two attached hydrogens (primary N) is 1. The van der Waals surface area contributed by atoms with E-state index in [2.05, 4.69) is 18.7 Å². The van der Waals surface area contributed by atoms with E-state index in [0.717, 1.165) is 24.4 Å². The molecule has 0 aliphatic carbocycles. The van der Waals surface area contributed by atoms with Gasteiger partial charge in [0, 0.05) is 24.8 Å². The molecule has 2 nitrogen and oxygen atoms in total. The van der Waals surface area contributed by atoms with Crippen LogP contribution in [0, 0.1) is 5.92 Å². The first kappa shape index (κ1) is 16.8. The minimum Gasteiger partial charge on any atom is -0.369 e. The topological polar surface area (TPSA) is 29.3 Å². The quantitative estimate of drug-likeness (QED) is 0.886. The van der Waals surface area contributed by atoms with E-state index in [1.807, 2.05) is 13.8 Å². The summed E-state index contributed by atoms with van der Waals surface area (Å²) in [6.07, 6.45) is -4.33. The van der Waals surface area contributed by atoms with Gasteiger partial charge < -0.3 is 10.6 Å². The molecule has 20 heavy (non-hydrogen) atoms. The largest absolute Gasteiger partial charge is 0.416 e. The van der Waals surface area contributed by atoms with Crippen LogP contribution in [0.4, 0.5) is 18.9 Å². The molecule has 0 fully saturated rings. The van der Waals surface area contributed by atoms with E-state index in [1.54, 1.807) is 0 Å². The van der Waals surface area contributed by atoms with Crippen LogP contribution in [-0.2, 0) is 12.7 Å². The number of benzene rings is 1. The monoisotopic (exact) mass is 288 g/mol. The molecule has 0 saturated carbocycles. The van der Waals surface area contributed by atoms with Crippen LogP contribution in [0.25, 0.3) is 0 Å². The zero-order valence-electron chi connectivity index (χ0n) is 12.5. The summed E-state index contributed by atoms with van der Waals surface area (Å²) in [5.41, 5.74) is 6.33. The molecule has 0 aliphatic rings. The highest BCUT2D eigenvalue weighted by Gasteiger charge is 2.31. The van der Waals surface area contributed by atoms with Gasteiger partial charge in [0.05, 0.1) is 5.56 Å². The highest BCUT2D eigenvalue weighted by Crippen LogP contribution is 2.33. The van der Waals surface area contributed by atoms with Gasteiger partial charge in [0.1, 0.15) is 0 Å². The highest BCUT2D eigenvalue weighted by molar-refractivity contribution is 5.56. The van der Waals surface area contributed by atoms with Crippen molar-refractivity contribution in [2.75, 3.05) is 11.4 Å². The molecule has 0 saturated heterocycles. The molecule has 1 aromatic carbocycles. The fraction of sp³-hybridized carbons (Fsp3) is 0.600. The first-order valence-electron chi connectivity index (χ1n) is 6.83. The van der Waals surface area contributed by atoms with E-state index in [1.165, 1.54) is 6.07 Å². The lowest BCUT2D eigenvalue weighted by molar-refractivity contribution is -0.137. The van der Waals surface area contributed by atoms with Crippen LogP contribution in [-0.4, -0.2) is 12.6 Å². The van der Waals surface area contributed by atoms with Gasteiger partial charge in [0.25, 0.3) is 0 Å². The smallest absolute Gasteiger partial charge is 0.369 e. The average molecular weight is 288 g/mol. The lowest BCUT2D eigenvalue weighted by atomic mass is 10.0. The summed E-state index contributed by atoms with van der Waals surface area (Å²) in [6.45, 7) is 9.11. The van der Waals surface area contributed by atoms with Crippen molar-refractivity contribution in [1.82, 2.24) is 0 Å². The van der Waals surface area contributed by atoms with Gasteiger partial charge in [-0.05, 0) is 43.5 Å². The van der Waals surface area contributed by atoms with Gasteiger partial charge in [-0.3, -0.25) is 0 Å². The summed E-state index contributed by atoms with van der Waals surface area (Å²) in [5.74, 6) is 0.422. The number of rotatable bonds is 5. The molecule has 0 aromatic heterocycles. The van der Waals surface area contributed by atoms with E-state index in [-0.39, 0.29) is 12.6 Å². The molecule has 5 heteroatoms. The fourth-order valence-electron chi connectivity index (χ4n) is 2.19. The molecular weight excluding hydrogens is 265 g/mol. The molecule has 114 valence electrons. The van der Waals surface area contributed by atoms with E-state index >= 15 is 0 Å². The van der Waals surface area contributed by atoms with Crippen LogP contribution in [0.3, 0.4) is 0 Å². The number of anilines is 1. The van der Waals surface area contributed by atoms with E-state index < -0.39 is 11.7 Å². The van der Waals surface area contributed by atoms with Crippen molar-refractivity contribution in [3.05, 3.63) is 29.3 Å². The molecule has 0 bridgehead atoms. The summed E-state index contributed by atoms with van der Waals surface area (Å²) in [6, 6.07) is 4.03. The predicted molar refractivity (Wildman–Crippen MR) is 76.7 cm³/mol. The molecule has 0 amide bonds. The Bertz CT molecular complexity index is 439. The molecular formula is C15H23F3N2. The summed E-state index contributed by atoms with van der Waals surface area (Å²) in [7, 11) is 0. The maximum Gasteiger partial charge on any atom is 0.416 e. The van der Waals surface area contributed by atoms with E-state index in [9.17, 15) is 13.2 Å². The van der Waals surface area contributed by atoms with Crippen molar-refractivity contribution >= 4 is 5.69 Å². The Hall–Kier alpha value is -1.23. The van der Waals surface area contributed by atoms with Gasteiger partial charge in [-0.1, -0.05) is 13.8 Å². The minimum absolute atomic E-state index is 0.0978. The van der Waals surface area contributed by atoms with Crippen molar-refractivity contribution in [2.24, 2.45) is 11.7 Å². The van der Waals surface area contributed by atoms with Crippen molar-refractivity contribution in [2.45, 2.75) is 46.5 Å². The van der Waals surface area contributed by atoms with Crippen molar-refractivity contribution in [1.29, 1.82) is 0 Å². The fourth-order valence-corrected chi connectivity index (χ4v) is 2.19. The summed E-state index contributed by atoms with van der Waals surface area (Å²) < 4.78 is 38.3. The third-order valence-electron chi connectivity index (χ3n) is 3.12. The maximum atomic E-state index is 12.8. The first-order valence-corrected chi connectivity index (χ1v) is 6.83. The first-order chi connectivity index (χ1) is 9.16. The molecule has 1 rings (SSSR count). The second-order valence-corrected chi connectivity index (χ2v) is 5.69. The van der Waals surface area contributed by atoms with Crippen LogP contribution >= 0.6 is 0 Å². The maximum absolute atomic E-state index is 12.8. The number of alkyl halides is 3. The molecule has 0 atom stereocenters. The van der Waals surface area contributed by atoms with E-state index in [0.29, 0.717) is 11.5 Å². The zero-order chi connectivity index (χ0) is 15.5. The van der Waals surface area contributed by atoms with Gasteiger partial charge >= 0.3 is 6.18 Å². The molecule has 0 unspecified atom stereocenters. The Kier molecular flexibility index (Phi) is 5.45. The van der Waals surface area contributed by atoms with Crippen LogP contribution in [0.15, 0.2) is 18.2 Å². The molecule has 0 radical (unpaired) electrons. The standard InChI is InChI=1S/C15H23F3N2/c1-10(2)9-20(11(3)4)14-6-5-13(15(16,17)18)7-12(14)8-19/h5-7,10-11H,8-9,19H2,1-4H3. The third kappa shape index (κ3) is 4.13. The second-order valence-electron chi connectivity index (χ2n) is 5.69. The van der Waals surface area contributed by atoms with Crippen molar-refractivity contribution in [3.8, 4) is 0 Å². The SMILES string of the molecule is CC(C)CN(c1ccc(C(F)(F)F)cc1CN)C(C)C. The lowest BCUT2D eigenvalue weighted by Gasteiger charge is -2.32. The molecule has 0 spiro atoms. The Morgan fingerprint density at radius 3 is 2.15 bits per heavy atom. The number of hydrogen-bond donors (Lipinski definition) is 1. The van der Waals surface area contributed by atoms with Gasteiger partial charge in [0.15, 0.2) is 0 Å². The predicted octanol–water partition coefficient (Wildman–Crippen LogP) is 4.03. The number of nitrogens with zero attached hydrogens (tertiary/aromatic N) is 1. The summed E-state index contributed by atoms with van der Waals surface area (Å²) in [4.78, 5) is 2.10. The molecule has 1 aromatic rings. The molecule has 0 aliphatic heterocycles. The Balaban J connectivity index is 3.22. The lowest BCUT2D eigenvalue weighted by Crippen LogP contribution is -2.35. The van der Waals surface area contributed by atoms with Crippen molar-refractivity contribution in [3.63, 3.8) is 0 Å². The second kappa shape index (κ2) is 6.48. The average Bonchev–Trinajstić information content (AvgIpc) is 2.33. The Morgan fingerprint density at radius 2 is 1.75 bits per heavy atom. The van der Waals surface area contributed by atoms with Gasteiger partial charge in [-0.2, -0.15) is 13.2 Å². The van der Waals surface area contributed by atoms with Crippen LogP contribution in [0.2, 0.25) is 0 Å². The Labute approximate surface area is 118 Å². The van der Waals surface area contributed by atoms with Crippen LogP contribution in [0.5, 0.6) is 0 Å². The third-order valence-corrected chi connectivity index (χ3v) is 3.12. The van der Waals surface area contributed by atoms with Crippen molar-refractivity contribution < 1.29 is 13.2 Å². The normalized spacial score (nSPS) is 12.3. The minimum atomic E-state index is -4.33.